The van der Waals surface area contributed by atoms with Crippen LogP contribution >= 0.6 is 11.6 Å². The molecule has 0 saturated carbocycles. The van der Waals surface area contributed by atoms with Gasteiger partial charge in [0.15, 0.2) is 0 Å². The van der Waals surface area contributed by atoms with Crippen molar-refractivity contribution in [1.29, 1.82) is 0 Å². The summed E-state index contributed by atoms with van der Waals surface area (Å²) in [6, 6.07) is 3.34. The number of hydrogen-bond acceptors (Lipinski definition) is 3. The van der Waals surface area contributed by atoms with Crippen LogP contribution in [0.2, 0.25) is 5.15 Å². The lowest BCUT2D eigenvalue weighted by molar-refractivity contribution is 0.0891. The standard InChI is InChI=1S/C16H26ClN3O/c1-15(2,3)10-16(4,5)19-14(21)11-8-12(17)18-13(9-11)20(6)7/h8-9H,10H2,1-7H3,(H,19,21). The van der Waals surface area contributed by atoms with Crippen molar-refractivity contribution in [2.24, 2.45) is 5.41 Å². The molecular formula is C16H26ClN3O. The molecule has 0 atom stereocenters. The SMILES string of the molecule is CN(C)c1cc(C(=O)NC(C)(C)CC(C)(C)C)cc(Cl)n1. The van der Waals surface area contributed by atoms with Crippen LogP contribution in [0.5, 0.6) is 0 Å². The molecule has 0 aliphatic heterocycles. The van der Waals surface area contributed by atoms with Crippen LogP contribution in [-0.2, 0) is 0 Å². The highest BCUT2D eigenvalue weighted by Gasteiger charge is 2.27. The van der Waals surface area contributed by atoms with Gasteiger partial charge in [0.1, 0.15) is 11.0 Å². The minimum absolute atomic E-state index is 0.128. The van der Waals surface area contributed by atoms with Crippen molar-refractivity contribution in [3.05, 3.63) is 22.8 Å². The van der Waals surface area contributed by atoms with E-state index >= 15 is 0 Å². The van der Waals surface area contributed by atoms with Gasteiger partial charge in [-0.3, -0.25) is 4.79 Å². The fraction of sp³-hybridized carbons (Fsp3) is 0.625. The highest BCUT2D eigenvalue weighted by atomic mass is 35.5. The molecule has 0 aliphatic carbocycles. The Hall–Kier alpha value is -1.29. The minimum atomic E-state index is -0.288. The molecule has 1 aromatic heterocycles. The normalized spacial score (nSPS) is 12.2. The van der Waals surface area contributed by atoms with E-state index in [1.165, 1.54) is 0 Å². The fourth-order valence-corrected chi connectivity index (χ4v) is 2.80. The van der Waals surface area contributed by atoms with Crippen molar-refractivity contribution in [3.8, 4) is 0 Å². The summed E-state index contributed by atoms with van der Waals surface area (Å²) < 4.78 is 0. The molecule has 118 valence electrons. The second-order valence-corrected chi connectivity index (χ2v) is 7.89. The highest BCUT2D eigenvalue weighted by molar-refractivity contribution is 6.29. The van der Waals surface area contributed by atoms with Gasteiger partial charge in [-0.1, -0.05) is 32.4 Å². The van der Waals surface area contributed by atoms with E-state index in [-0.39, 0.29) is 16.9 Å². The van der Waals surface area contributed by atoms with Gasteiger partial charge in [0, 0.05) is 25.2 Å². The Balaban J connectivity index is 2.94. The van der Waals surface area contributed by atoms with E-state index in [1.54, 1.807) is 12.1 Å². The number of amides is 1. The second-order valence-electron chi connectivity index (χ2n) is 7.51. The number of carbonyl (C=O) groups is 1. The number of hydrogen-bond donors (Lipinski definition) is 1. The molecule has 0 spiro atoms. The van der Waals surface area contributed by atoms with Crippen LogP contribution in [0.25, 0.3) is 0 Å². The average Bonchev–Trinajstić information content (AvgIpc) is 2.23. The van der Waals surface area contributed by atoms with Crippen LogP contribution in [0.15, 0.2) is 12.1 Å². The molecule has 0 radical (unpaired) electrons. The van der Waals surface area contributed by atoms with Crippen molar-refractivity contribution >= 4 is 23.3 Å². The lowest BCUT2D eigenvalue weighted by Gasteiger charge is -2.33. The predicted octanol–water partition coefficient (Wildman–Crippen LogP) is 3.75. The molecule has 0 aliphatic rings. The molecule has 4 nitrogen and oxygen atoms in total. The Kier molecular flexibility index (Phi) is 5.26. The number of halogens is 1. The Morgan fingerprint density at radius 3 is 2.29 bits per heavy atom. The molecule has 0 fully saturated rings. The Morgan fingerprint density at radius 1 is 1.24 bits per heavy atom. The summed E-state index contributed by atoms with van der Waals surface area (Å²) >= 11 is 6.00. The van der Waals surface area contributed by atoms with Crippen molar-refractivity contribution < 1.29 is 4.79 Å². The Labute approximate surface area is 132 Å². The zero-order chi connectivity index (χ0) is 16.4. The van der Waals surface area contributed by atoms with Crippen LogP contribution in [0.4, 0.5) is 5.82 Å². The average molecular weight is 312 g/mol. The molecule has 1 amide bonds. The number of rotatable bonds is 4. The van der Waals surface area contributed by atoms with Gasteiger partial charge in [-0.05, 0) is 37.8 Å². The summed E-state index contributed by atoms with van der Waals surface area (Å²) in [6.07, 6.45) is 0.880. The summed E-state index contributed by atoms with van der Waals surface area (Å²) in [5.74, 6) is 0.540. The Bertz CT molecular complexity index is 519. The lowest BCUT2D eigenvalue weighted by atomic mass is 9.81. The molecular weight excluding hydrogens is 286 g/mol. The van der Waals surface area contributed by atoms with Gasteiger partial charge in [-0.25, -0.2) is 4.98 Å². The first-order valence-corrected chi connectivity index (χ1v) is 7.45. The maximum atomic E-state index is 12.5. The molecule has 5 heteroatoms. The molecule has 1 N–H and O–H groups in total. The van der Waals surface area contributed by atoms with Crippen molar-refractivity contribution in [3.63, 3.8) is 0 Å². The van der Waals surface area contributed by atoms with Gasteiger partial charge in [0.05, 0.1) is 0 Å². The van der Waals surface area contributed by atoms with Crippen molar-refractivity contribution in [1.82, 2.24) is 10.3 Å². The first kappa shape index (κ1) is 17.8. The first-order valence-electron chi connectivity index (χ1n) is 7.07. The van der Waals surface area contributed by atoms with E-state index in [0.29, 0.717) is 16.5 Å². The third kappa shape index (κ3) is 5.92. The maximum Gasteiger partial charge on any atom is 0.251 e. The van der Waals surface area contributed by atoms with E-state index in [0.717, 1.165) is 6.42 Å². The largest absolute Gasteiger partial charge is 0.363 e. The Morgan fingerprint density at radius 2 is 1.81 bits per heavy atom. The minimum Gasteiger partial charge on any atom is -0.363 e. The van der Waals surface area contributed by atoms with Gasteiger partial charge in [0.25, 0.3) is 5.91 Å². The van der Waals surface area contributed by atoms with Crippen LogP contribution in [0.3, 0.4) is 0 Å². The molecule has 0 saturated heterocycles. The van der Waals surface area contributed by atoms with Crippen LogP contribution in [0.1, 0.15) is 51.4 Å². The van der Waals surface area contributed by atoms with Gasteiger partial charge < -0.3 is 10.2 Å². The summed E-state index contributed by atoms with van der Waals surface area (Å²) in [5, 5.41) is 3.40. The molecule has 21 heavy (non-hydrogen) atoms. The first-order chi connectivity index (χ1) is 9.39. The second kappa shape index (κ2) is 6.22. The van der Waals surface area contributed by atoms with Gasteiger partial charge in [0.2, 0.25) is 0 Å². The predicted molar refractivity (Wildman–Crippen MR) is 89.2 cm³/mol. The number of nitrogens with zero attached hydrogens (tertiary/aromatic N) is 2. The summed E-state index contributed by atoms with van der Waals surface area (Å²) in [7, 11) is 3.73. The number of carbonyl (C=O) groups excluding carboxylic acids is 1. The van der Waals surface area contributed by atoms with Gasteiger partial charge >= 0.3 is 0 Å². The molecule has 0 unspecified atom stereocenters. The summed E-state index contributed by atoms with van der Waals surface area (Å²) in [5.41, 5.74) is 0.380. The molecule has 1 aromatic rings. The monoisotopic (exact) mass is 311 g/mol. The fourth-order valence-electron chi connectivity index (χ4n) is 2.59. The lowest BCUT2D eigenvalue weighted by Crippen LogP contribution is -2.45. The molecule has 0 bridgehead atoms. The summed E-state index contributed by atoms with van der Waals surface area (Å²) in [6.45, 7) is 10.6. The van der Waals surface area contributed by atoms with E-state index in [1.807, 2.05) is 32.8 Å². The van der Waals surface area contributed by atoms with Gasteiger partial charge in [-0.15, -0.1) is 0 Å². The molecule has 1 heterocycles. The molecule has 0 aromatic carbocycles. The van der Waals surface area contributed by atoms with E-state index in [4.69, 9.17) is 11.6 Å². The van der Waals surface area contributed by atoms with Crippen LogP contribution in [0, 0.1) is 5.41 Å². The summed E-state index contributed by atoms with van der Waals surface area (Å²) in [4.78, 5) is 18.5. The quantitative estimate of drug-likeness (QED) is 0.861. The molecule has 1 rings (SSSR count). The third-order valence-electron chi connectivity index (χ3n) is 2.93. The number of nitrogens with one attached hydrogen (secondary N) is 1. The van der Waals surface area contributed by atoms with E-state index < -0.39 is 0 Å². The maximum absolute atomic E-state index is 12.5. The smallest absolute Gasteiger partial charge is 0.251 e. The highest BCUT2D eigenvalue weighted by Crippen LogP contribution is 2.27. The van der Waals surface area contributed by atoms with Crippen LogP contribution in [-0.4, -0.2) is 30.5 Å². The third-order valence-corrected chi connectivity index (χ3v) is 3.12. The zero-order valence-corrected chi connectivity index (χ0v) is 14.8. The van der Waals surface area contributed by atoms with Crippen molar-refractivity contribution in [2.45, 2.75) is 46.6 Å². The zero-order valence-electron chi connectivity index (χ0n) is 14.0. The van der Waals surface area contributed by atoms with E-state index in [9.17, 15) is 4.79 Å². The van der Waals surface area contributed by atoms with Gasteiger partial charge in [-0.2, -0.15) is 0 Å². The van der Waals surface area contributed by atoms with E-state index in [2.05, 4.69) is 31.1 Å². The number of anilines is 1. The van der Waals surface area contributed by atoms with Crippen LogP contribution < -0.4 is 10.2 Å². The van der Waals surface area contributed by atoms with Crippen molar-refractivity contribution in [2.75, 3.05) is 19.0 Å². The topological polar surface area (TPSA) is 45.2 Å². The number of pyridine rings is 1. The number of aromatic nitrogens is 1.